The molecule has 0 saturated heterocycles. The van der Waals surface area contributed by atoms with E-state index in [2.05, 4.69) is 58.7 Å². The van der Waals surface area contributed by atoms with Crippen molar-refractivity contribution in [2.24, 2.45) is 0 Å². The zero-order valence-electron chi connectivity index (χ0n) is 14.4. The Kier molecular flexibility index (Phi) is 3.50. The number of nitrogens with zero attached hydrogens (tertiary/aromatic N) is 2. The van der Waals surface area contributed by atoms with E-state index in [-0.39, 0.29) is 0 Å². The normalized spacial score (nSPS) is 12.2. The van der Waals surface area contributed by atoms with Crippen LogP contribution in [-0.2, 0) is 0 Å². The molecule has 0 fully saturated rings. The quantitative estimate of drug-likeness (QED) is 0.467. The van der Waals surface area contributed by atoms with E-state index in [0.717, 1.165) is 38.9 Å². The Morgan fingerprint density at radius 3 is 2.46 bits per heavy atom. The Labute approximate surface area is 144 Å². The monoisotopic (exact) mass is 378 g/mol. The fourth-order valence-corrected chi connectivity index (χ4v) is 5.18. The maximum atomic E-state index is 6.10. The number of benzene rings is 1. The van der Waals surface area contributed by atoms with E-state index in [9.17, 15) is 0 Å². The molecule has 1 aromatic carbocycles. The molecule has 0 saturated carbocycles. The number of aryl methyl sites for hydroxylation is 1. The van der Waals surface area contributed by atoms with Crippen molar-refractivity contribution >= 4 is 39.6 Å². The van der Waals surface area contributed by atoms with Crippen LogP contribution in [0.2, 0.25) is 17.3 Å². The average molecular weight is 377 g/mol. The van der Waals surface area contributed by atoms with Gasteiger partial charge in [0.05, 0.1) is 0 Å². The van der Waals surface area contributed by atoms with Gasteiger partial charge in [-0.1, -0.05) is 0 Å². The molecule has 0 radical (unpaired) electrons. The van der Waals surface area contributed by atoms with E-state index < -0.39 is 13.3 Å². The zero-order valence-corrected chi connectivity index (χ0v) is 16.5. The molecule has 4 heteroatoms. The minimum absolute atomic E-state index is 0.823. The molecule has 24 heavy (non-hydrogen) atoms. The van der Waals surface area contributed by atoms with Crippen molar-refractivity contribution < 1.29 is 4.42 Å². The van der Waals surface area contributed by atoms with Crippen LogP contribution >= 0.6 is 0 Å². The Balaban J connectivity index is 1.92. The third kappa shape index (κ3) is 2.53. The molecule has 0 spiro atoms. The van der Waals surface area contributed by atoms with Crippen molar-refractivity contribution in [2.45, 2.75) is 24.2 Å². The molecule has 0 unspecified atom stereocenters. The van der Waals surface area contributed by atoms with Gasteiger partial charge in [0.15, 0.2) is 0 Å². The molecule has 0 atom stereocenters. The van der Waals surface area contributed by atoms with E-state index in [0.29, 0.717) is 0 Å². The van der Waals surface area contributed by atoms with E-state index in [4.69, 9.17) is 9.40 Å². The predicted molar refractivity (Wildman–Crippen MR) is 102 cm³/mol. The fourth-order valence-electron chi connectivity index (χ4n) is 3.01. The second kappa shape index (κ2) is 5.45. The summed E-state index contributed by atoms with van der Waals surface area (Å²) in [6.07, 6.45) is 3.85. The molecule has 0 amide bonds. The van der Waals surface area contributed by atoms with Crippen molar-refractivity contribution in [2.75, 3.05) is 0 Å². The van der Waals surface area contributed by atoms with Crippen LogP contribution < -0.4 is 4.40 Å². The molecule has 3 heterocycles. The van der Waals surface area contributed by atoms with Gasteiger partial charge in [-0.2, -0.15) is 0 Å². The summed E-state index contributed by atoms with van der Waals surface area (Å²) in [6.45, 7) is 2.00. The number of fused-ring (bicyclic) bond motifs is 3. The van der Waals surface area contributed by atoms with Gasteiger partial charge in [-0.15, -0.1) is 0 Å². The number of aromatic nitrogens is 2. The van der Waals surface area contributed by atoms with Gasteiger partial charge in [-0.05, 0) is 0 Å². The first-order valence-electron chi connectivity index (χ1n) is 8.18. The molecular weight excluding hydrogens is 357 g/mol. The zero-order chi connectivity index (χ0) is 16.9. The first kappa shape index (κ1) is 15.4. The van der Waals surface area contributed by atoms with Gasteiger partial charge in [0.2, 0.25) is 0 Å². The SMILES string of the molecule is Cc1cc2c(cn1)oc1c(-c3cc[c]([Ge]([CH3])([CH3])[CH3])cn3)cccc12. The molecule has 0 N–H and O–H groups in total. The van der Waals surface area contributed by atoms with Crippen LogP contribution in [0.25, 0.3) is 33.2 Å². The second-order valence-corrected chi connectivity index (χ2v) is 17.9. The summed E-state index contributed by atoms with van der Waals surface area (Å²) >= 11 is -1.84. The fraction of sp³-hybridized carbons (Fsp3) is 0.200. The third-order valence-corrected chi connectivity index (χ3v) is 8.68. The second-order valence-electron chi connectivity index (χ2n) is 7.29. The van der Waals surface area contributed by atoms with E-state index in [1.165, 1.54) is 4.40 Å². The van der Waals surface area contributed by atoms with Gasteiger partial charge >= 0.3 is 144 Å². The van der Waals surface area contributed by atoms with Crippen LogP contribution in [0.3, 0.4) is 0 Å². The van der Waals surface area contributed by atoms with Gasteiger partial charge in [-0.25, -0.2) is 0 Å². The molecule has 4 rings (SSSR count). The molecule has 120 valence electrons. The van der Waals surface area contributed by atoms with Crippen LogP contribution in [0.15, 0.2) is 53.2 Å². The van der Waals surface area contributed by atoms with Gasteiger partial charge in [0.1, 0.15) is 0 Å². The van der Waals surface area contributed by atoms with Crippen molar-refractivity contribution in [1.29, 1.82) is 0 Å². The predicted octanol–water partition coefficient (Wildman–Crippen LogP) is 4.90. The first-order chi connectivity index (χ1) is 11.4. The molecule has 0 aliphatic heterocycles. The standard InChI is InChI=1S/C20H20GeN2O/c1-13-10-17-15-6-5-7-16(20(15)24-19(17)12-22-13)18-9-8-14(11-23-18)21(2,3)4/h5-12H,1-4H3. The molecule has 0 bridgehead atoms. The Hall–Kier alpha value is -2.14. The average Bonchev–Trinajstić information content (AvgIpc) is 2.92. The van der Waals surface area contributed by atoms with E-state index in [1.54, 1.807) is 6.20 Å². The summed E-state index contributed by atoms with van der Waals surface area (Å²) in [5.41, 5.74) is 4.70. The Morgan fingerprint density at radius 2 is 1.75 bits per heavy atom. The van der Waals surface area contributed by atoms with Crippen LogP contribution in [-0.4, -0.2) is 23.2 Å². The number of hydrogen-bond donors (Lipinski definition) is 0. The Bertz CT molecular complexity index is 1040. The van der Waals surface area contributed by atoms with Crippen LogP contribution in [0, 0.1) is 6.92 Å². The maximum absolute atomic E-state index is 6.10. The molecule has 3 nitrogen and oxygen atoms in total. The number of pyridine rings is 2. The molecule has 3 aromatic heterocycles. The van der Waals surface area contributed by atoms with Gasteiger partial charge in [0, 0.05) is 0 Å². The van der Waals surface area contributed by atoms with Gasteiger partial charge < -0.3 is 0 Å². The summed E-state index contributed by atoms with van der Waals surface area (Å²) in [7, 11) is 0. The summed E-state index contributed by atoms with van der Waals surface area (Å²) < 4.78 is 7.51. The minimum atomic E-state index is -1.84. The molecule has 0 aliphatic rings. The first-order valence-corrected chi connectivity index (χ1v) is 15.5. The summed E-state index contributed by atoms with van der Waals surface area (Å²) in [5.74, 6) is 7.14. The van der Waals surface area contributed by atoms with Crippen molar-refractivity contribution in [3.63, 3.8) is 0 Å². The summed E-state index contributed by atoms with van der Waals surface area (Å²) in [4.78, 5) is 9.06. The Morgan fingerprint density at radius 1 is 0.917 bits per heavy atom. The van der Waals surface area contributed by atoms with E-state index >= 15 is 0 Å². The van der Waals surface area contributed by atoms with Crippen molar-refractivity contribution in [3.05, 3.63) is 54.5 Å². The van der Waals surface area contributed by atoms with E-state index in [1.807, 2.05) is 13.1 Å². The molecular formula is C20H20GeN2O. The van der Waals surface area contributed by atoms with Crippen LogP contribution in [0.4, 0.5) is 0 Å². The van der Waals surface area contributed by atoms with Crippen molar-refractivity contribution in [3.8, 4) is 11.3 Å². The third-order valence-electron chi connectivity index (χ3n) is 4.43. The summed E-state index contributed by atoms with van der Waals surface area (Å²) in [6, 6.07) is 12.7. The number of rotatable bonds is 2. The van der Waals surface area contributed by atoms with Crippen LogP contribution in [0.5, 0.6) is 0 Å². The summed E-state index contributed by atoms with van der Waals surface area (Å²) in [5, 5.41) is 2.23. The van der Waals surface area contributed by atoms with Gasteiger partial charge in [0.25, 0.3) is 0 Å². The van der Waals surface area contributed by atoms with Gasteiger partial charge in [-0.3, -0.25) is 0 Å². The molecule has 4 aromatic rings. The van der Waals surface area contributed by atoms with Crippen molar-refractivity contribution in [1.82, 2.24) is 9.97 Å². The number of para-hydroxylation sites is 1. The van der Waals surface area contributed by atoms with Crippen LogP contribution in [0.1, 0.15) is 5.69 Å². The molecule has 0 aliphatic carbocycles. The number of hydrogen-bond acceptors (Lipinski definition) is 3. The topological polar surface area (TPSA) is 38.9 Å². The number of furan rings is 1.